The predicted molar refractivity (Wildman–Crippen MR) is 46.8 cm³/mol. The summed E-state index contributed by atoms with van der Waals surface area (Å²) in [6, 6.07) is 3.88. The Balaban J connectivity index is 4.17. The molecule has 0 aliphatic heterocycles. The maximum Gasteiger partial charge on any atom is 0.0973 e. The van der Waals surface area contributed by atoms with Crippen molar-refractivity contribution in [2.75, 3.05) is 0 Å². The van der Waals surface area contributed by atoms with Gasteiger partial charge in [0.25, 0.3) is 0 Å². The average Bonchev–Trinajstić information content (AvgIpc) is 1.96. The first-order valence-electron chi connectivity index (χ1n) is 3.73. The molecule has 0 saturated carbocycles. The summed E-state index contributed by atoms with van der Waals surface area (Å²) in [5.41, 5.74) is 0.407. The minimum Gasteiger partial charge on any atom is -0.385 e. The van der Waals surface area contributed by atoms with Gasteiger partial charge in [-0.3, -0.25) is 0 Å². The SMILES string of the molecule is CC(C)(C)NC=C(C#N)CC#N. The fraction of sp³-hybridized carbons (Fsp3) is 0.556. The molecule has 0 unspecified atom stereocenters. The summed E-state index contributed by atoms with van der Waals surface area (Å²) in [4.78, 5) is 0. The second kappa shape index (κ2) is 4.41. The van der Waals surface area contributed by atoms with Gasteiger partial charge in [-0.15, -0.1) is 0 Å². The molecule has 0 radical (unpaired) electrons. The van der Waals surface area contributed by atoms with Crippen molar-refractivity contribution in [3.8, 4) is 12.1 Å². The number of hydrogen-bond acceptors (Lipinski definition) is 3. The Morgan fingerprint density at radius 3 is 2.33 bits per heavy atom. The van der Waals surface area contributed by atoms with Crippen LogP contribution >= 0.6 is 0 Å². The third-order valence-corrected chi connectivity index (χ3v) is 1.09. The minimum absolute atomic E-state index is 0.0580. The first-order chi connectivity index (χ1) is 5.49. The number of nitrogens with one attached hydrogen (secondary N) is 1. The van der Waals surface area contributed by atoms with E-state index in [1.807, 2.05) is 32.9 Å². The number of allylic oxidation sites excluding steroid dienone is 1. The third kappa shape index (κ3) is 5.32. The van der Waals surface area contributed by atoms with Crippen LogP contribution in [0.25, 0.3) is 0 Å². The summed E-state index contributed by atoms with van der Waals surface area (Å²) >= 11 is 0. The molecule has 0 bridgehead atoms. The van der Waals surface area contributed by atoms with Crippen LogP contribution in [0.15, 0.2) is 11.8 Å². The van der Waals surface area contributed by atoms with E-state index in [9.17, 15) is 0 Å². The molecular formula is C9H13N3. The van der Waals surface area contributed by atoms with Gasteiger partial charge in [0.05, 0.1) is 24.1 Å². The highest BCUT2D eigenvalue weighted by molar-refractivity contribution is 5.23. The molecule has 0 aliphatic carbocycles. The van der Waals surface area contributed by atoms with Crippen molar-refractivity contribution in [3.05, 3.63) is 11.8 Å². The molecule has 3 heteroatoms. The number of rotatable bonds is 2. The molecule has 1 N–H and O–H groups in total. The van der Waals surface area contributed by atoms with Gasteiger partial charge in [0.1, 0.15) is 0 Å². The smallest absolute Gasteiger partial charge is 0.0973 e. The quantitative estimate of drug-likeness (QED) is 0.630. The summed E-state index contributed by atoms with van der Waals surface area (Å²) in [6.07, 6.45) is 1.77. The largest absolute Gasteiger partial charge is 0.385 e. The van der Waals surface area contributed by atoms with Crippen molar-refractivity contribution in [1.82, 2.24) is 5.32 Å². The second-order valence-corrected chi connectivity index (χ2v) is 3.51. The van der Waals surface area contributed by atoms with Crippen LogP contribution in [0.3, 0.4) is 0 Å². The first kappa shape index (κ1) is 10.5. The summed E-state index contributed by atoms with van der Waals surface area (Å²) < 4.78 is 0. The van der Waals surface area contributed by atoms with Crippen LogP contribution in [0.5, 0.6) is 0 Å². The van der Waals surface area contributed by atoms with Gasteiger partial charge >= 0.3 is 0 Å². The molecule has 0 aromatic carbocycles. The zero-order valence-corrected chi connectivity index (χ0v) is 7.68. The van der Waals surface area contributed by atoms with Crippen molar-refractivity contribution in [3.63, 3.8) is 0 Å². The molecule has 0 aliphatic rings. The molecule has 0 fully saturated rings. The van der Waals surface area contributed by atoms with Crippen LogP contribution in [0.4, 0.5) is 0 Å². The molecule has 64 valence electrons. The van der Waals surface area contributed by atoms with E-state index >= 15 is 0 Å². The second-order valence-electron chi connectivity index (χ2n) is 3.51. The fourth-order valence-corrected chi connectivity index (χ4v) is 0.512. The summed E-state index contributed by atoms with van der Waals surface area (Å²) in [5.74, 6) is 0. The van der Waals surface area contributed by atoms with E-state index in [4.69, 9.17) is 10.5 Å². The monoisotopic (exact) mass is 163 g/mol. The Hall–Kier alpha value is -1.48. The minimum atomic E-state index is -0.0580. The van der Waals surface area contributed by atoms with Gasteiger partial charge in [-0.1, -0.05) is 0 Å². The first-order valence-corrected chi connectivity index (χ1v) is 3.73. The molecule has 0 heterocycles. The highest BCUT2D eigenvalue weighted by Gasteiger charge is 2.06. The van der Waals surface area contributed by atoms with Gasteiger partial charge in [-0.05, 0) is 20.8 Å². The maximum absolute atomic E-state index is 8.54. The van der Waals surface area contributed by atoms with Crippen molar-refractivity contribution >= 4 is 0 Å². The van der Waals surface area contributed by atoms with E-state index in [2.05, 4.69) is 5.32 Å². The molecule has 0 rings (SSSR count). The fourth-order valence-electron chi connectivity index (χ4n) is 0.512. The van der Waals surface area contributed by atoms with Crippen molar-refractivity contribution in [2.45, 2.75) is 32.7 Å². The van der Waals surface area contributed by atoms with Crippen molar-refractivity contribution < 1.29 is 0 Å². The number of nitriles is 2. The van der Waals surface area contributed by atoms with E-state index < -0.39 is 0 Å². The predicted octanol–water partition coefficient (Wildman–Crippen LogP) is 1.70. The van der Waals surface area contributed by atoms with E-state index in [-0.39, 0.29) is 12.0 Å². The molecular weight excluding hydrogens is 150 g/mol. The summed E-state index contributed by atoms with van der Waals surface area (Å²) in [5, 5.41) is 19.9. The Bertz CT molecular complexity index is 244. The van der Waals surface area contributed by atoms with E-state index in [0.717, 1.165) is 0 Å². The molecule has 0 atom stereocenters. The van der Waals surface area contributed by atoms with Crippen LogP contribution < -0.4 is 5.32 Å². The number of nitrogens with zero attached hydrogens (tertiary/aromatic N) is 2. The highest BCUT2D eigenvalue weighted by Crippen LogP contribution is 2.01. The lowest BCUT2D eigenvalue weighted by atomic mass is 10.1. The van der Waals surface area contributed by atoms with Crippen LogP contribution in [0.2, 0.25) is 0 Å². The Labute approximate surface area is 73.3 Å². The lowest BCUT2D eigenvalue weighted by Gasteiger charge is -2.18. The van der Waals surface area contributed by atoms with Gasteiger partial charge in [0.15, 0.2) is 0 Å². The number of hydrogen-bond donors (Lipinski definition) is 1. The van der Waals surface area contributed by atoms with Gasteiger partial charge in [-0.25, -0.2) is 0 Å². The van der Waals surface area contributed by atoms with E-state index in [1.54, 1.807) is 6.20 Å². The normalized spacial score (nSPS) is 11.6. The van der Waals surface area contributed by atoms with Crippen molar-refractivity contribution in [1.29, 1.82) is 10.5 Å². The van der Waals surface area contributed by atoms with Gasteiger partial charge in [-0.2, -0.15) is 10.5 Å². The van der Waals surface area contributed by atoms with Gasteiger partial charge in [0, 0.05) is 11.7 Å². The van der Waals surface area contributed by atoms with Crippen molar-refractivity contribution in [2.24, 2.45) is 0 Å². The van der Waals surface area contributed by atoms with Crippen LogP contribution in [0.1, 0.15) is 27.2 Å². The maximum atomic E-state index is 8.54. The third-order valence-electron chi connectivity index (χ3n) is 1.09. The van der Waals surface area contributed by atoms with Gasteiger partial charge in [0.2, 0.25) is 0 Å². The Morgan fingerprint density at radius 1 is 1.42 bits per heavy atom. The summed E-state index contributed by atoms with van der Waals surface area (Å²) in [6.45, 7) is 5.97. The van der Waals surface area contributed by atoms with Gasteiger partial charge < -0.3 is 5.32 Å². The van der Waals surface area contributed by atoms with Crippen LogP contribution in [0, 0.1) is 22.7 Å². The Morgan fingerprint density at radius 2 is 2.00 bits per heavy atom. The summed E-state index contributed by atoms with van der Waals surface area (Å²) in [7, 11) is 0. The molecule has 12 heavy (non-hydrogen) atoms. The molecule has 0 spiro atoms. The highest BCUT2D eigenvalue weighted by atomic mass is 14.9. The zero-order chi connectivity index (χ0) is 9.61. The van der Waals surface area contributed by atoms with E-state index in [0.29, 0.717) is 5.57 Å². The topological polar surface area (TPSA) is 59.6 Å². The standard InChI is InChI=1S/C9H13N3/c1-9(2,3)12-7-8(6-11)4-5-10/h7,12H,4H2,1-3H3. The molecule has 0 amide bonds. The molecule has 0 aromatic rings. The molecule has 0 aromatic heterocycles. The molecule has 3 nitrogen and oxygen atoms in total. The van der Waals surface area contributed by atoms with Crippen LogP contribution in [-0.4, -0.2) is 5.54 Å². The lowest BCUT2D eigenvalue weighted by Crippen LogP contribution is -2.31. The van der Waals surface area contributed by atoms with Crippen LogP contribution in [-0.2, 0) is 0 Å². The lowest BCUT2D eigenvalue weighted by molar-refractivity contribution is 0.490. The average molecular weight is 163 g/mol. The Kier molecular flexibility index (Phi) is 3.86. The molecule has 0 saturated heterocycles. The zero-order valence-electron chi connectivity index (χ0n) is 7.68. The van der Waals surface area contributed by atoms with E-state index in [1.165, 1.54) is 0 Å².